The van der Waals surface area contributed by atoms with Crippen molar-refractivity contribution in [2.45, 2.75) is 13.0 Å². The molecule has 0 radical (unpaired) electrons. The number of nitrogens with one attached hydrogen (secondary N) is 2. The molecule has 0 bridgehead atoms. The van der Waals surface area contributed by atoms with Gasteiger partial charge in [-0.25, -0.2) is 0 Å². The average molecular weight is 358 g/mol. The molecule has 1 rings (SSSR count). The number of carbonyl (C=O) groups is 1. The van der Waals surface area contributed by atoms with E-state index in [1.54, 1.807) is 14.2 Å². The highest BCUT2D eigenvalue weighted by molar-refractivity contribution is 9.10. The van der Waals surface area contributed by atoms with E-state index < -0.39 is 0 Å². The number of carbonyl (C=O) groups excluding carboxylic acids is 1. The monoisotopic (exact) mass is 357 g/mol. The lowest BCUT2D eigenvalue weighted by molar-refractivity contribution is -0.120. The van der Waals surface area contributed by atoms with Crippen LogP contribution in [0.25, 0.3) is 0 Å². The van der Waals surface area contributed by atoms with Gasteiger partial charge in [0.15, 0.2) is 0 Å². The molecule has 1 aromatic rings. The van der Waals surface area contributed by atoms with Crippen molar-refractivity contribution in [1.29, 1.82) is 0 Å². The van der Waals surface area contributed by atoms with E-state index in [0.717, 1.165) is 23.2 Å². The summed E-state index contributed by atoms with van der Waals surface area (Å²) in [6.45, 7) is 2.96. The van der Waals surface area contributed by atoms with Crippen LogP contribution in [0.1, 0.15) is 12.0 Å². The molecule has 0 aliphatic rings. The molecule has 0 aromatic heterocycles. The SMILES string of the molecule is CNC(=O)CCN(C)c1cc(Br)ccc1CNCCOC. The van der Waals surface area contributed by atoms with Crippen LogP contribution in [0.5, 0.6) is 0 Å². The fourth-order valence-electron chi connectivity index (χ4n) is 1.95. The molecule has 0 saturated heterocycles. The van der Waals surface area contributed by atoms with Gasteiger partial charge >= 0.3 is 0 Å². The predicted molar refractivity (Wildman–Crippen MR) is 89.7 cm³/mol. The molecule has 0 atom stereocenters. The number of hydrogen-bond donors (Lipinski definition) is 2. The van der Waals surface area contributed by atoms with E-state index >= 15 is 0 Å². The highest BCUT2D eigenvalue weighted by Gasteiger charge is 2.09. The normalized spacial score (nSPS) is 10.5. The summed E-state index contributed by atoms with van der Waals surface area (Å²) >= 11 is 3.51. The van der Waals surface area contributed by atoms with Gasteiger partial charge in [0.2, 0.25) is 5.91 Å². The Morgan fingerprint density at radius 2 is 2.19 bits per heavy atom. The molecule has 0 aliphatic carbocycles. The van der Waals surface area contributed by atoms with Crippen LogP contribution in [0.15, 0.2) is 22.7 Å². The number of benzene rings is 1. The predicted octanol–water partition coefficient (Wildman–Crippen LogP) is 1.76. The Bertz CT molecular complexity index is 455. The van der Waals surface area contributed by atoms with Crippen LogP contribution < -0.4 is 15.5 Å². The second kappa shape index (κ2) is 9.76. The maximum absolute atomic E-state index is 11.4. The maximum atomic E-state index is 11.4. The zero-order valence-electron chi connectivity index (χ0n) is 12.9. The van der Waals surface area contributed by atoms with E-state index in [1.807, 2.05) is 13.1 Å². The molecule has 0 unspecified atom stereocenters. The quantitative estimate of drug-likeness (QED) is 0.661. The van der Waals surface area contributed by atoms with E-state index in [4.69, 9.17) is 4.74 Å². The lowest BCUT2D eigenvalue weighted by atomic mass is 10.1. The molecular formula is C15H24BrN3O2. The molecule has 1 aromatic carbocycles. The van der Waals surface area contributed by atoms with Gasteiger partial charge in [0.25, 0.3) is 0 Å². The number of anilines is 1. The third kappa shape index (κ3) is 6.46. The van der Waals surface area contributed by atoms with Crippen molar-refractivity contribution < 1.29 is 9.53 Å². The van der Waals surface area contributed by atoms with Crippen LogP contribution in [0.3, 0.4) is 0 Å². The average Bonchev–Trinajstić information content (AvgIpc) is 2.49. The first-order valence-corrected chi connectivity index (χ1v) is 7.77. The summed E-state index contributed by atoms with van der Waals surface area (Å²) < 4.78 is 6.06. The highest BCUT2D eigenvalue weighted by Crippen LogP contribution is 2.24. The Balaban J connectivity index is 2.68. The minimum absolute atomic E-state index is 0.0524. The second-order valence-electron chi connectivity index (χ2n) is 4.79. The topological polar surface area (TPSA) is 53.6 Å². The zero-order chi connectivity index (χ0) is 15.7. The van der Waals surface area contributed by atoms with Crippen molar-refractivity contribution in [3.8, 4) is 0 Å². The number of ether oxygens (including phenoxy) is 1. The van der Waals surface area contributed by atoms with Gasteiger partial charge in [-0.05, 0) is 17.7 Å². The smallest absolute Gasteiger partial charge is 0.221 e. The van der Waals surface area contributed by atoms with Gasteiger partial charge in [0.05, 0.1) is 6.61 Å². The van der Waals surface area contributed by atoms with Crippen LogP contribution in [-0.2, 0) is 16.1 Å². The molecule has 1 amide bonds. The molecule has 118 valence electrons. The largest absolute Gasteiger partial charge is 0.383 e. The first-order chi connectivity index (χ1) is 10.1. The Kier molecular flexibility index (Phi) is 8.34. The summed E-state index contributed by atoms with van der Waals surface area (Å²) in [4.78, 5) is 13.5. The second-order valence-corrected chi connectivity index (χ2v) is 5.70. The van der Waals surface area contributed by atoms with Gasteiger partial charge in [0, 0.05) is 57.4 Å². The van der Waals surface area contributed by atoms with Crippen molar-refractivity contribution in [3.05, 3.63) is 28.2 Å². The Labute approximate surface area is 135 Å². The van der Waals surface area contributed by atoms with Crippen molar-refractivity contribution in [1.82, 2.24) is 10.6 Å². The number of hydrogen-bond acceptors (Lipinski definition) is 4. The summed E-state index contributed by atoms with van der Waals surface area (Å²) in [6.07, 6.45) is 0.482. The third-order valence-corrected chi connectivity index (χ3v) is 3.70. The van der Waals surface area contributed by atoms with E-state index in [2.05, 4.69) is 43.6 Å². The molecule has 0 aliphatic heterocycles. The van der Waals surface area contributed by atoms with Crippen molar-refractivity contribution >= 4 is 27.5 Å². The minimum atomic E-state index is 0.0524. The van der Waals surface area contributed by atoms with Gasteiger partial charge in [-0.2, -0.15) is 0 Å². The maximum Gasteiger partial charge on any atom is 0.221 e. The molecule has 0 heterocycles. The summed E-state index contributed by atoms with van der Waals surface area (Å²) in [5.74, 6) is 0.0524. The Morgan fingerprint density at radius 3 is 2.86 bits per heavy atom. The Morgan fingerprint density at radius 1 is 1.43 bits per heavy atom. The van der Waals surface area contributed by atoms with E-state index in [9.17, 15) is 4.79 Å². The number of nitrogens with zero attached hydrogens (tertiary/aromatic N) is 1. The van der Waals surface area contributed by atoms with Crippen molar-refractivity contribution in [3.63, 3.8) is 0 Å². The molecule has 5 nitrogen and oxygen atoms in total. The van der Waals surface area contributed by atoms with Gasteiger partial charge in [-0.15, -0.1) is 0 Å². The third-order valence-electron chi connectivity index (χ3n) is 3.21. The highest BCUT2D eigenvalue weighted by atomic mass is 79.9. The summed E-state index contributed by atoms with van der Waals surface area (Å²) in [7, 11) is 5.36. The molecule has 0 fully saturated rings. The van der Waals surface area contributed by atoms with Crippen LogP contribution >= 0.6 is 15.9 Å². The van der Waals surface area contributed by atoms with Crippen LogP contribution in [-0.4, -0.2) is 46.8 Å². The molecule has 6 heteroatoms. The standard InChI is InChI=1S/C15H24BrN3O2/c1-17-15(20)6-8-19(2)14-10-13(16)5-4-12(14)11-18-7-9-21-3/h4-5,10,18H,6-9,11H2,1-3H3,(H,17,20). The molecular weight excluding hydrogens is 334 g/mol. The number of rotatable bonds is 9. The van der Waals surface area contributed by atoms with Gasteiger partial charge in [0.1, 0.15) is 0 Å². The van der Waals surface area contributed by atoms with Crippen LogP contribution in [0.4, 0.5) is 5.69 Å². The van der Waals surface area contributed by atoms with E-state index in [1.165, 1.54) is 5.56 Å². The minimum Gasteiger partial charge on any atom is -0.383 e. The van der Waals surface area contributed by atoms with Crippen LogP contribution in [0.2, 0.25) is 0 Å². The molecule has 21 heavy (non-hydrogen) atoms. The fourth-order valence-corrected chi connectivity index (χ4v) is 2.30. The lowest BCUT2D eigenvalue weighted by Crippen LogP contribution is -2.27. The molecule has 0 spiro atoms. The molecule has 0 saturated carbocycles. The first kappa shape index (κ1) is 17.9. The van der Waals surface area contributed by atoms with Crippen LogP contribution in [0, 0.1) is 0 Å². The lowest BCUT2D eigenvalue weighted by Gasteiger charge is -2.23. The number of amides is 1. The molecule has 2 N–H and O–H groups in total. The van der Waals surface area contributed by atoms with Crippen molar-refractivity contribution in [2.24, 2.45) is 0 Å². The van der Waals surface area contributed by atoms with Crippen molar-refractivity contribution in [2.75, 3.05) is 45.8 Å². The first-order valence-electron chi connectivity index (χ1n) is 6.98. The zero-order valence-corrected chi connectivity index (χ0v) is 14.5. The number of halogens is 1. The van der Waals surface area contributed by atoms with E-state index in [0.29, 0.717) is 19.6 Å². The Hall–Kier alpha value is -1.11. The van der Waals surface area contributed by atoms with E-state index in [-0.39, 0.29) is 5.91 Å². The summed E-state index contributed by atoms with van der Waals surface area (Å²) in [5, 5.41) is 5.99. The fraction of sp³-hybridized carbons (Fsp3) is 0.533. The summed E-state index contributed by atoms with van der Waals surface area (Å²) in [5.41, 5.74) is 2.33. The van der Waals surface area contributed by atoms with Gasteiger partial charge in [-0.3, -0.25) is 4.79 Å². The van der Waals surface area contributed by atoms with Gasteiger partial charge in [-0.1, -0.05) is 22.0 Å². The number of methoxy groups -OCH3 is 1. The summed E-state index contributed by atoms with van der Waals surface area (Å²) in [6, 6.07) is 6.20. The van der Waals surface area contributed by atoms with Gasteiger partial charge < -0.3 is 20.3 Å².